The summed E-state index contributed by atoms with van der Waals surface area (Å²) < 4.78 is 11.7. The van der Waals surface area contributed by atoms with Gasteiger partial charge in [-0.05, 0) is 31.9 Å². The number of aromatic nitrogens is 2. The van der Waals surface area contributed by atoms with E-state index in [4.69, 9.17) is 9.47 Å². The van der Waals surface area contributed by atoms with Gasteiger partial charge in [-0.2, -0.15) is 0 Å². The Labute approximate surface area is 138 Å². The second kappa shape index (κ2) is 5.81. The fourth-order valence-electron chi connectivity index (χ4n) is 3.42. The zero-order valence-corrected chi connectivity index (χ0v) is 13.8. The van der Waals surface area contributed by atoms with Crippen molar-refractivity contribution in [2.45, 2.75) is 31.5 Å². The number of hydrogen-bond donors (Lipinski definition) is 0. The zero-order chi connectivity index (χ0) is 15.9. The van der Waals surface area contributed by atoms with Gasteiger partial charge in [-0.1, -0.05) is 11.3 Å². The summed E-state index contributed by atoms with van der Waals surface area (Å²) in [6.07, 6.45) is 3.63. The molecule has 0 aliphatic carbocycles. The van der Waals surface area contributed by atoms with Crippen molar-refractivity contribution in [1.29, 1.82) is 0 Å². The highest BCUT2D eigenvalue weighted by atomic mass is 32.1. The van der Waals surface area contributed by atoms with Crippen LogP contribution in [0.1, 0.15) is 29.6 Å². The average molecular weight is 333 g/mol. The molecule has 2 aliphatic rings. The highest BCUT2D eigenvalue weighted by Gasteiger charge is 2.43. The van der Waals surface area contributed by atoms with Crippen LogP contribution in [0.25, 0.3) is 10.3 Å². The van der Waals surface area contributed by atoms with Crippen LogP contribution in [0.4, 0.5) is 0 Å². The lowest BCUT2D eigenvalue weighted by Gasteiger charge is -2.47. The Hall–Kier alpha value is -1.57. The van der Waals surface area contributed by atoms with Crippen LogP contribution in [0.15, 0.2) is 18.3 Å². The van der Waals surface area contributed by atoms with Gasteiger partial charge in [0.05, 0.1) is 19.3 Å². The largest absolute Gasteiger partial charge is 0.378 e. The predicted octanol–water partition coefficient (Wildman–Crippen LogP) is 2.10. The standard InChI is InChI=1S/C16H19N3O3S/c1-11-8-19(9-16(22-11)5-3-7-21-10-16)15(20)14-18-12-4-2-6-17-13(12)23-14/h2,4,6,11H,3,5,7-10H2,1H3/t11-,16-/m0/s1. The van der Waals surface area contributed by atoms with Gasteiger partial charge in [0.15, 0.2) is 5.01 Å². The van der Waals surface area contributed by atoms with E-state index in [9.17, 15) is 4.79 Å². The molecule has 0 unspecified atom stereocenters. The van der Waals surface area contributed by atoms with Gasteiger partial charge in [0.2, 0.25) is 0 Å². The number of fused-ring (bicyclic) bond motifs is 1. The lowest BCUT2D eigenvalue weighted by atomic mass is 9.93. The molecule has 1 spiro atoms. The molecular weight excluding hydrogens is 314 g/mol. The zero-order valence-electron chi connectivity index (χ0n) is 13.0. The third-order valence-electron chi connectivity index (χ3n) is 4.33. The molecule has 0 radical (unpaired) electrons. The summed E-state index contributed by atoms with van der Waals surface area (Å²) in [5.74, 6) is -0.0342. The molecule has 0 aromatic carbocycles. The van der Waals surface area contributed by atoms with Crippen LogP contribution >= 0.6 is 11.3 Å². The van der Waals surface area contributed by atoms with Gasteiger partial charge in [-0.3, -0.25) is 4.79 Å². The average Bonchev–Trinajstić information content (AvgIpc) is 2.98. The first kappa shape index (κ1) is 15.0. The molecule has 6 nitrogen and oxygen atoms in total. The third kappa shape index (κ3) is 2.84. The van der Waals surface area contributed by atoms with Crippen molar-refractivity contribution >= 4 is 27.6 Å². The maximum absolute atomic E-state index is 12.9. The summed E-state index contributed by atoms with van der Waals surface area (Å²) in [5, 5.41) is 0.500. The number of carbonyl (C=O) groups is 1. The van der Waals surface area contributed by atoms with E-state index in [-0.39, 0.29) is 17.6 Å². The molecule has 4 heterocycles. The van der Waals surface area contributed by atoms with Crippen molar-refractivity contribution in [2.75, 3.05) is 26.3 Å². The summed E-state index contributed by atoms with van der Waals surface area (Å²) in [6.45, 7) is 4.50. The van der Waals surface area contributed by atoms with Gasteiger partial charge in [0.25, 0.3) is 5.91 Å². The first-order valence-corrected chi connectivity index (χ1v) is 8.73. The van der Waals surface area contributed by atoms with Crippen LogP contribution in [-0.4, -0.2) is 58.8 Å². The second-order valence-corrected chi connectivity index (χ2v) is 7.28. The highest BCUT2D eigenvalue weighted by molar-refractivity contribution is 7.19. The fourth-order valence-corrected chi connectivity index (χ4v) is 4.30. The first-order chi connectivity index (χ1) is 11.2. The summed E-state index contributed by atoms with van der Waals surface area (Å²) in [7, 11) is 0. The lowest BCUT2D eigenvalue weighted by molar-refractivity contribution is -0.188. The van der Waals surface area contributed by atoms with E-state index in [0.717, 1.165) is 29.8 Å². The minimum absolute atomic E-state index is 0.00176. The molecule has 0 bridgehead atoms. The SMILES string of the molecule is C[C@H]1CN(C(=O)c2nc3cccnc3s2)C[C@]2(CCCOC2)O1. The van der Waals surface area contributed by atoms with Crippen molar-refractivity contribution in [1.82, 2.24) is 14.9 Å². The van der Waals surface area contributed by atoms with E-state index in [2.05, 4.69) is 9.97 Å². The Kier molecular flexibility index (Phi) is 3.79. The van der Waals surface area contributed by atoms with Crippen LogP contribution in [-0.2, 0) is 9.47 Å². The van der Waals surface area contributed by atoms with Gasteiger partial charge in [-0.15, -0.1) is 0 Å². The molecule has 2 aliphatic heterocycles. The summed E-state index contributed by atoms with van der Waals surface area (Å²) in [6, 6.07) is 3.72. The van der Waals surface area contributed by atoms with Crippen molar-refractivity contribution in [3.63, 3.8) is 0 Å². The van der Waals surface area contributed by atoms with E-state index in [1.165, 1.54) is 11.3 Å². The van der Waals surface area contributed by atoms with E-state index in [0.29, 0.717) is 24.7 Å². The Morgan fingerprint density at radius 3 is 3.22 bits per heavy atom. The molecule has 122 valence electrons. The van der Waals surface area contributed by atoms with Crippen LogP contribution in [0, 0.1) is 0 Å². The molecule has 0 saturated carbocycles. The van der Waals surface area contributed by atoms with Gasteiger partial charge in [0, 0.05) is 19.3 Å². The number of morpholine rings is 1. The first-order valence-electron chi connectivity index (χ1n) is 7.92. The molecule has 4 rings (SSSR count). The molecule has 1 amide bonds. The fraction of sp³-hybridized carbons (Fsp3) is 0.562. The Morgan fingerprint density at radius 1 is 1.52 bits per heavy atom. The number of carbonyl (C=O) groups excluding carboxylic acids is 1. The molecule has 2 aromatic heterocycles. The molecule has 0 N–H and O–H groups in total. The van der Waals surface area contributed by atoms with Gasteiger partial charge >= 0.3 is 0 Å². The number of hydrogen-bond acceptors (Lipinski definition) is 6. The molecule has 2 fully saturated rings. The van der Waals surface area contributed by atoms with Crippen LogP contribution in [0.2, 0.25) is 0 Å². The maximum Gasteiger partial charge on any atom is 0.283 e. The third-order valence-corrected chi connectivity index (χ3v) is 5.30. The number of thiazole rings is 1. The number of amides is 1. The van der Waals surface area contributed by atoms with Crippen molar-refractivity contribution in [3.8, 4) is 0 Å². The predicted molar refractivity (Wildman–Crippen MR) is 86.6 cm³/mol. The summed E-state index contributed by atoms with van der Waals surface area (Å²) in [5.41, 5.74) is 0.415. The number of rotatable bonds is 1. The van der Waals surface area contributed by atoms with Gasteiger partial charge in [0.1, 0.15) is 15.9 Å². The van der Waals surface area contributed by atoms with Crippen molar-refractivity contribution < 1.29 is 14.3 Å². The van der Waals surface area contributed by atoms with Gasteiger partial charge < -0.3 is 14.4 Å². The Bertz CT molecular complexity index is 693. The monoisotopic (exact) mass is 333 g/mol. The molecule has 2 aromatic rings. The van der Waals surface area contributed by atoms with Gasteiger partial charge in [-0.25, -0.2) is 9.97 Å². The van der Waals surface area contributed by atoms with E-state index >= 15 is 0 Å². The van der Waals surface area contributed by atoms with Crippen molar-refractivity contribution in [2.24, 2.45) is 0 Å². The Balaban J connectivity index is 1.59. The quantitative estimate of drug-likeness (QED) is 0.800. The second-order valence-electron chi connectivity index (χ2n) is 6.30. The Morgan fingerprint density at radius 2 is 2.43 bits per heavy atom. The van der Waals surface area contributed by atoms with E-state index in [1.54, 1.807) is 6.20 Å². The number of ether oxygens (including phenoxy) is 2. The van der Waals surface area contributed by atoms with Crippen LogP contribution in [0.5, 0.6) is 0 Å². The van der Waals surface area contributed by atoms with E-state index in [1.807, 2.05) is 24.0 Å². The van der Waals surface area contributed by atoms with Crippen molar-refractivity contribution in [3.05, 3.63) is 23.3 Å². The number of pyridine rings is 1. The minimum Gasteiger partial charge on any atom is -0.378 e. The summed E-state index contributed by atoms with van der Waals surface area (Å²) in [4.78, 5) is 24.3. The highest BCUT2D eigenvalue weighted by Crippen LogP contribution is 2.31. The lowest BCUT2D eigenvalue weighted by Crippen LogP contribution is -2.59. The normalized spacial score (nSPS) is 28.4. The number of nitrogens with zero attached hydrogens (tertiary/aromatic N) is 3. The maximum atomic E-state index is 12.9. The smallest absolute Gasteiger partial charge is 0.283 e. The molecule has 23 heavy (non-hydrogen) atoms. The molecule has 2 atom stereocenters. The molecular formula is C16H19N3O3S. The van der Waals surface area contributed by atoms with Crippen LogP contribution in [0.3, 0.4) is 0 Å². The molecule has 2 saturated heterocycles. The summed E-state index contributed by atoms with van der Waals surface area (Å²) >= 11 is 1.35. The topological polar surface area (TPSA) is 64.6 Å². The van der Waals surface area contributed by atoms with Crippen LogP contribution < -0.4 is 0 Å². The minimum atomic E-state index is -0.361. The van der Waals surface area contributed by atoms with E-state index < -0.39 is 0 Å². The molecule has 7 heteroatoms.